The van der Waals surface area contributed by atoms with Crippen molar-refractivity contribution in [1.29, 1.82) is 0 Å². The van der Waals surface area contributed by atoms with E-state index in [9.17, 15) is 26.4 Å². The smallest absolute Gasteiger partial charge is 0.283 e. The van der Waals surface area contributed by atoms with Crippen molar-refractivity contribution in [3.05, 3.63) is 77.0 Å². The zero-order valence-corrected chi connectivity index (χ0v) is 22.1. The van der Waals surface area contributed by atoms with Gasteiger partial charge in [0.15, 0.2) is 27.2 Å². The minimum absolute atomic E-state index is 0.0343. The Labute approximate surface area is 232 Å². The maximum Gasteiger partial charge on any atom is 0.283 e. The van der Waals surface area contributed by atoms with Crippen molar-refractivity contribution < 1.29 is 35.9 Å². The fourth-order valence-electron chi connectivity index (χ4n) is 4.64. The highest BCUT2D eigenvalue weighted by molar-refractivity contribution is 7.91. The van der Waals surface area contributed by atoms with Crippen LogP contribution in [0, 0.1) is 5.82 Å². The van der Waals surface area contributed by atoms with Crippen LogP contribution in [0.2, 0.25) is 0 Å². The lowest BCUT2D eigenvalue weighted by atomic mass is 10.1. The van der Waals surface area contributed by atoms with Gasteiger partial charge in [0.2, 0.25) is 0 Å². The molecule has 0 radical (unpaired) electrons. The summed E-state index contributed by atoms with van der Waals surface area (Å²) < 4.78 is 76.5. The van der Waals surface area contributed by atoms with Crippen molar-refractivity contribution in [3.63, 3.8) is 0 Å². The Hall–Kier alpha value is -4.30. The Balaban J connectivity index is 1.23. The van der Waals surface area contributed by atoms with Crippen LogP contribution in [0.25, 0.3) is 10.9 Å². The lowest BCUT2D eigenvalue weighted by Gasteiger charge is -2.29. The average Bonchev–Trinajstić information content (AvgIpc) is 3.11. The standard InChI is InChI=1S/C27H22F3N5O5S/c28-19-11-21-26(34-24(19)25(29)30)35(5-6-40-21)23-4-3-16-12-31-18(10-20(16)33-23)13-32-27(36)15-1-2-17-14-39-7-8-41(37,38)22(17)9-15/h1-4,9-12,25H,5-8,13-14H2,(H,32,36). The van der Waals surface area contributed by atoms with Gasteiger partial charge in [-0.3, -0.25) is 9.78 Å². The Morgan fingerprint density at radius 3 is 2.78 bits per heavy atom. The summed E-state index contributed by atoms with van der Waals surface area (Å²) >= 11 is 0. The van der Waals surface area contributed by atoms with Crippen LogP contribution in [0.15, 0.2) is 53.6 Å². The molecule has 0 saturated carbocycles. The molecule has 2 aliphatic heterocycles. The molecule has 1 aromatic carbocycles. The van der Waals surface area contributed by atoms with E-state index in [2.05, 4.69) is 20.3 Å². The van der Waals surface area contributed by atoms with Gasteiger partial charge in [0, 0.05) is 23.2 Å². The maximum absolute atomic E-state index is 14.0. The van der Waals surface area contributed by atoms with Gasteiger partial charge in [0.25, 0.3) is 12.3 Å². The van der Waals surface area contributed by atoms with Crippen LogP contribution in [0.1, 0.15) is 33.7 Å². The van der Waals surface area contributed by atoms with Crippen LogP contribution in [-0.2, 0) is 27.7 Å². The molecule has 0 spiro atoms. The summed E-state index contributed by atoms with van der Waals surface area (Å²) in [6, 6.07) is 10.5. The monoisotopic (exact) mass is 585 g/mol. The lowest BCUT2D eigenvalue weighted by molar-refractivity contribution is 0.0949. The Kier molecular flexibility index (Phi) is 6.95. The van der Waals surface area contributed by atoms with Gasteiger partial charge in [-0.2, -0.15) is 0 Å². The molecule has 41 heavy (non-hydrogen) atoms. The summed E-state index contributed by atoms with van der Waals surface area (Å²) in [5.74, 6) is -1.32. The van der Waals surface area contributed by atoms with Crippen molar-refractivity contribution in [2.75, 3.05) is 30.4 Å². The third-order valence-electron chi connectivity index (χ3n) is 6.72. The van der Waals surface area contributed by atoms with E-state index < -0.39 is 33.7 Å². The fourth-order valence-corrected chi connectivity index (χ4v) is 6.03. The third kappa shape index (κ3) is 5.27. The third-order valence-corrected chi connectivity index (χ3v) is 8.48. The van der Waals surface area contributed by atoms with E-state index >= 15 is 0 Å². The molecule has 0 fully saturated rings. The Morgan fingerprint density at radius 1 is 1.10 bits per heavy atom. The number of fused-ring (bicyclic) bond motifs is 3. The zero-order chi connectivity index (χ0) is 28.7. The Bertz CT molecular complexity index is 1790. The number of sulfone groups is 1. The summed E-state index contributed by atoms with van der Waals surface area (Å²) in [5, 5.41) is 3.43. The highest BCUT2D eigenvalue weighted by Crippen LogP contribution is 2.37. The van der Waals surface area contributed by atoms with Crippen LogP contribution >= 0.6 is 0 Å². The average molecular weight is 586 g/mol. The SMILES string of the molecule is O=C(NCc1cc2nc(N3CCOc4cc(F)c(C(F)F)nc43)ccc2cn1)c1ccc2c(c1)S(=O)(=O)CCOC2. The highest BCUT2D eigenvalue weighted by atomic mass is 32.2. The molecular formula is C27H22F3N5O5S. The summed E-state index contributed by atoms with van der Waals surface area (Å²) in [6.45, 7) is 0.706. The number of aromatic nitrogens is 3. The van der Waals surface area contributed by atoms with E-state index in [4.69, 9.17) is 9.47 Å². The molecule has 1 N–H and O–H groups in total. The maximum atomic E-state index is 14.0. The number of nitrogens with zero attached hydrogens (tertiary/aromatic N) is 4. The number of alkyl halides is 2. The number of pyridine rings is 3. The van der Waals surface area contributed by atoms with E-state index in [0.717, 1.165) is 6.07 Å². The number of rotatable bonds is 5. The van der Waals surface area contributed by atoms with Crippen LogP contribution in [0.3, 0.4) is 0 Å². The van der Waals surface area contributed by atoms with Gasteiger partial charge in [0.1, 0.15) is 18.1 Å². The molecule has 0 saturated heterocycles. The second kappa shape index (κ2) is 10.6. The van der Waals surface area contributed by atoms with Crippen molar-refractivity contribution in [1.82, 2.24) is 20.3 Å². The lowest BCUT2D eigenvalue weighted by Crippen LogP contribution is -2.30. The number of benzene rings is 1. The largest absolute Gasteiger partial charge is 0.488 e. The van der Waals surface area contributed by atoms with E-state index in [-0.39, 0.29) is 60.7 Å². The van der Waals surface area contributed by atoms with Crippen LogP contribution < -0.4 is 15.0 Å². The van der Waals surface area contributed by atoms with Gasteiger partial charge in [-0.05, 0) is 35.9 Å². The van der Waals surface area contributed by atoms with Gasteiger partial charge in [-0.15, -0.1) is 0 Å². The van der Waals surface area contributed by atoms with E-state index in [1.807, 2.05) is 0 Å². The fraction of sp³-hybridized carbons (Fsp3) is 0.259. The van der Waals surface area contributed by atoms with Gasteiger partial charge >= 0.3 is 0 Å². The molecule has 10 nitrogen and oxygen atoms in total. The molecule has 14 heteroatoms. The molecule has 0 aliphatic carbocycles. The number of amides is 1. The van der Waals surface area contributed by atoms with Crippen LogP contribution in [0.4, 0.5) is 24.8 Å². The molecule has 0 unspecified atom stereocenters. The number of ether oxygens (including phenoxy) is 2. The molecule has 5 heterocycles. The van der Waals surface area contributed by atoms with E-state index in [1.54, 1.807) is 41.4 Å². The molecule has 0 bridgehead atoms. The second-order valence-corrected chi connectivity index (χ2v) is 11.5. The number of halogens is 3. The Morgan fingerprint density at radius 2 is 1.95 bits per heavy atom. The topological polar surface area (TPSA) is 124 Å². The first kappa shape index (κ1) is 26.9. The molecule has 6 rings (SSSR count). The minimum Gasteiger partial charge on any atom is -0.488 e. The predicted octanol–water partition coefficient (Wildman–Crippen LogP) is 3.87. The number of anilines is 2. The molecule has 2 aliphatic rings. The molecule has 1 amide bonds. The normalized spacial score (nSPS) is 16.0. The van der Waals surface area contributed by atoms with Crippen molar-refractivity contribution >= 4 is 38.3 Å². The minimum atomic E-state index is -3.56. The first-order chi connectivity index (χ1) is 19.7. The van der Waals surface area contributed by atoms with Gasteiger partial charge in [-0.25, -0.2) is 31.6 Å². The van der Waals surface area contributed by atoms with E-state index in [0.29, 0.717) is 28.0 Å². The molecule has 212 valence electrons. The number of hydrogen-bond acceptors (Lipinski definition) is 9. The van der Waals surface area contributed by atoms with Gasteiger partial charge in [-0.1, -0.05) is 6.07 Å². The van der Waals surface area contributed by atoms with E-state index in [1.165, 1.54) is 6.07 Å². The van der Waals surface area contributed by atoms with Gasteiger partial charge < -0.3 is 19.7 Å². The molecule has 0 atom stereocenters. The molecule has 4 aromatic rings. The molecule has 3 aromatic heterocycles. The summed E-state index contributed by atoms with van der Waals surface area (Å²) in [7, 11) is -3.56. The predicted molar refractivity (Wildman–Crippen MR) is 141 cm³/mol. The number of carbonyl (C=O) groups excluding carboxylic acids is 1. The van der Waals surface area contributed by atoms with Crippen molar-refractivity contribution in [2.45, 2.75) is 24.5 Å². The van der Waals surface area contributed by atoms with Crippen molar-refractivity contribution in [3.8, 4) is 5.75 Å². The van der Waals surface area contributed by atoms with Crippen LogP contribution in [-0.4, -0.2) is 54.8 Å². The first-order valence-corrected chi connectivity index (χ1v) is 14.2. The summed E-state index contributed by atoms with van der Waals surface area (Å²) in [5.41, 5.74) is 0.720. The highest BCUT2D eigenvalue weighted by Gasteiger charge is 2.28. The summed E-state index contributed by atoms with van der Waals surface area (Å²) in [6.07, 6.45) is -1.51. The van der Waals surface area contributed by atoms with Crippen molar-refractivity contribution in [2.24, 2.45) is 0 Å². The number of carbonyl (C=O) groups is 1. The summed E-state index contributed by atoms with van der Waals surface area (Å²) in [4.78, 5) is 27.3. The first-order valence-electron chi connectivity index (χ1n) is 12.6. The number of hydrogen-bond donors (Lipinski definition) is 1. The van der Waals surface area contributed by atoms with Gasteiger partial charge in [0.05, 0.1) is 48.2 Å². The number of nitrogens with one attached hydrogen (secondary N) is 1. The second-order valence-electron chi connectivity index (χ2n) is 9.39. The quantitative estimate of drug-likeness (QED) is 0.372. The molecular weight excluding hydrogens is 563 g/mol. The zero-order valence-electron chi connectivity index (χ0n) is 21.3. The van der Waals surface area contributed by atoms with Crippen LogP contribution in [0.5, 0.6) is 5.75 Å².